The van der Waals surface area contributed by atoms with Crippen LogP contribution in [0.2, 0.25) is 0 Å². The highest BCUT2D eigenvalue weighted by molar-refractivity contribution is 14.1. The maximum absolute atomic E-state index is 3.85. The minimum absolute atomic E-state index is 0.181. The van der Waals surface area contributed by atoms with E-state index < -0.39 is 0 Å². The fraction of sp³-hybridized carbons (Fsp3) is 0.600. The molecule has 0 unspecified atom stereocenters. The van der Waals surface area contributed by atoms with Gasteiger partial charge in [0.05, 0.1) is 0 Å². The van der Waals surface area contributed by atoms with Crippen molar-refractivity contribution in [3.05, 3.63) is 24.8 Å². The van der Waals surface area contributed by atoms with Crippen LogP contribution in [0.4, 0.5) is 0 Å². The summed E-state index contributed by atoms with van der Waals surface area (Å²) in [5, 5.41) is 0. The van der Waals surface area contributed by atoms with E-state index in [2.05, 4.69) is 77.8 Å². The summed E-state index contributed by atoms with van der Waals surface area (Å²) in [5.41, 5.74) is 0.181. The number of alkyl halides is 2. The molecule has 0 amide bonds. The third-order valence-corrected chi connectivity index (χ3v) is 4.84. The van der Waals surface area contributed by atoms with Gasteiger partial charge in [-0.25, -0.2) is 0 Å². The van der Waals surface area contributed by atoms with E-state index in [4.69, 9.17) is 0 Å². The lowest BCUT2D eigenvalue weighted by Crippen LogP contribution is -2.10. The Bertz CT molecular complexity index is 163. The van der Waals surface area contributed by atoms with E-state index in [-0.39, 0.29) is 5.41 Å². The van der Waals surface area contributed by atoms with Crippen molar-refractivity contribution in [2.45, 2.75) is 13.8 Å². The van der Waals surface area contributed by atoms with Crippen LogP contribution in [0.1, 0.15) is 13.8 Å². The monoisotopic (exact) mass is 390 g/mol. The van der Waals surface area contributed by atoms with Crippen LogP contribution in [0.25, 0.3) is 0 Å². The normalized spacial score (nSPS) is 19.0. The van der Waals surface area contributed by atoms with Crippen molar-refractivity contribution in [3.63, 3.8) is 0 Å². The van der Waals surface area contributed by atoms with E-state index in [0.717, 1.165) is 4.43 Å². The highest BCUT2D eigenvalue weighted by atomic mass is 127. The summed E-state index contributed by atoms with van der Waals surface area (Å²) in [7, 11) is 0. The minimum atomic E-state index is 0.181. The second-order valence-corrected chi connectivity index (χ2v) is 4.98. The third kappa shape index (κ3) is 4.84. The lowest BCUT2D eigenvalue weighted by molar-refractivity contribution is 0.643. The molecule has 12 heavy (non-hydrogen) atoms. The fourth-order valence-corrected chi connectivity index (χ4v) is 1.46. The zero-order chi connectivity index (χ0) is 9.61. The van der Waals surface area contributed by atoms with Gasteiger partial charge in [-0.2, -0.15) is 0 Å². The number of hydrogen-bond acceptors (Lipinski definition) is 0. The zero-order valence-electron chi connectivity index (χ0n) is 7.69. The van der Waals surface area contributed by atoms with Gasteiger partial charge in [-0.1, -0.05) is 77.3 Å². The van der Waals surface area contributed by atoms with E-state index in [1.807, 2.05) is 6.08 Å². The van der Waals surface area contributed by atoms with Crippen molar-refractivity contribution in [2.75, 3.05) is 8.86 Å². The van der Waals surface area contributed by atoms with Crippen molar-refractivity contribution in [1.29, 1.82) is 0 Å². The Morgan fingerprint density at radius 2 is 2.08 bits per heavy atom. The number of halogens is 2. The van der Waals surface area contributed by atoms with Crippen molar-refractivity contribution < 1.29 is 0 Å². The molecule has 0 aliphatic carbocycles. The Morgan fingerprint density at radius 3 is 2.42 bits per heavy atom. The quantitative estimate of drug-likeness (QED) is 0.374. The van der Waals surface area contributed by atoms with Crippen LogP contribution in [-0.4, -0.2) is 8.86 Å². The Kier molecular flexibility index (Phi) is 6.90. The van der Waals surface area contributed by atoms with Gasteiger partial charge in [0.1, 0.15) is 0 Å². The molecule has 0 fully saturated rings. The maximum Gasteiger partial charge on any atom is 0.0120 e. The molecule has 0 aromatic rings. The van der Waals surface area contributed by atoms with E-state index in [9.17, 15) is 0 Å². The van der Waals surface area contributed by atoms with Crippen LogP contribution in [0.5, 0.6) is 0 Å². The smallest absolute Gasteiger partial charge is 0.0120 e. The van der Waals surface area contributed by atoms with Crippen molar-refractivity contribution in [1.82, 2.24) is 0 Å². The number of hydrogen-bond donors (Lipinski definition) is 0. The SMILES string of the molecule is C=C[C@@](C)(/C=C/[C@H](C)CI)CI. The molecular formula is C10H16I2. The van der Waals surface area contributed by atoms with Crippen LogP contribution in [-0.2, 0) is 0 Å². The van der Waals surface area contributed by atoms with Gasteiger partial charge < -0.3 is 0 Å². The summed E-state index contributed by atoms with van der Waals surface area (Å²) < 4.78 is 2.28. The molecule has 70 valence electrons. The molecule has 2 atom stereocenters. The number of rotatable bonds is 5. The molecule has 0 heterocycles. The first-order valence-corrected chi connectivity index (χ1v) is 7.08. The molecule has 0 saturated carbocycles. The van der Waals surface area contributed by atoms with Crippen LogP contribution in [0.3, 0.4) is 0 Å². The summed E-state index contributed by atoms with van der Waals surface area (Å²) in [6.45, 7) is 8.30. The summed E-state index contributed by atoms with van der Waals surface area (Å²) >= 11 is 4.81. The van der Waals surface area contributed by atoms with Crippen LogP contribution in [0, 0.1) is 11.3 Å². The predicted molar refractivity (Wildman–Crippen MR) is 74.4 cm³/mol. The first kappa shape index (κ1) is 12.9. The summed E-state index contributed by atoms with van der Waals surface area (Å²) in [6.07, 6.45) is 6.58. The maximum atomic E-state index is 3.85. The van der Waals surface area contributed by atoms with Crippen molar-refractivity contribution in [2.24, 2.45) is 11.3 Å². The van der Waals surface area contributed by atoms with E-state index >= 15 is 0 Å². The van der Waals surface area contributed by atoms with Crippen LogP contribution < -0.4 is 0 Å². The molecule has 0 bridgehead atoms. The zero-order valence-corrected chi connectivity index (χ0v) is 12.0. The highest BCUT2D eigenvalue weighted by Gasteiger charge is 2.13. The summed E-state index contributed by atoms with van der Waals surface area (Å²) in [4.78, 5) is 0. The second-order valence-electron chi connectivity index (χ2n) is 3.33. The Hall–Kier alpha value is 0.940. The van der Waals surface area contributed by atoms with Gasteiger partial charge >= 0.3 is 0 Å². The van der Waals surface area contributed by atoms with Gasteiger partial charge in [0.2, 0.25) is 0 Å². The molecule has 0 saturated heterocycles. The minimum Gasteiger partial charge on any atom is -0.102 e. The van der Waals surface area contributed by atoms with E-state index in [0.29, 0.717) is 5.92 Å². The molecule has 0 rings (SSSR count). The molecule has 0 nitrogen and oxygen atoms in total. The molecule has 2 heteroatoms. The summed E-state index contributed by atoms with van der Waals surface area (Å²) in [6, 6.07) is 0. The molecule has 0 aliphatic rings. The largest absolute Gasteiger partial charge is 0.102 e. The van der Waals surface area contributed by atoms with Gasteiger partial charge in [0, 0.05) is 14.3 Å². The average Bonchev–Trinajstić information content (AvgIpc) is 2.13. The highest BCUT2D eigenvalue weighted by Crippen LogP contribution is 2.23. The molecule has 0 aromatic carbocycles. The van der Waals surface area contributed by atoms with Gasteiger partial charge in [-0.15, -0.1) is 6.58 Å². The van der Waals surface area contributed by atoms with Crippen LogP contribution in [0.15, 0.2) is 24.8 Å². The lowest BCUT2D eigenvalue weighted by atomic mass is 9.92. The van der Waals surface area contributed by atoms with Crippen molar-refractivity contribution >= 4 is 45.2 Å². The second kappa shape index (κ2) is 6.40. The molecule has 0 radical (unpaired) electrons. The number of allylic oxidation sites excluding steroid dienone is 3. The average molecular weight is 390 g/mol. The Labute approximate surface area is 103 Å². The molecule has 0 aliphatic heterocycles. The van der Waals surface area contributed by atoms with E-state index in [1.54, 1.807) is 0 Å². The first-order valence-electron chi connectivity index (χ1n) is 4.03. The molecule has 0 N–H and O–H groups in total. The van der Waals surface area contributed by atoms with E-state index in [1.165, 1.54) is 4.43 Å². The fourth-order valence-electron chi connectivity index (χ4n) is 0.603. The van der Waals surface area contributed by atoms with Gasteiger partial charge in [0.25, 0.3) is 0 Å². The lowest BCUT2D eigenvalue weighted by Gasteiger charge is -2.18. The van der Waals surface area contributed by atoms with Crippen molar-refractivity contribution in [3.8, 4) is 0 Å². The standard InChI is InChI=1S/C10H16I2/c1-4-10(3,8-12)6-5-9(2)7-11/h4-6,9H,1,7-8H2,2-3H3/b6-5+/t9-,10-/m0/s1. The van der Waals surface area contributed by atoms with Gasteiger partial charge in [-0.3, -0.25) is 0 Å². The summed E-state index contributed by atoms with van der Waals surface area (Å²) in [5.74, 6) is 0.674. The first-order chi connectivity index (χ1) is 5.58. The Morgan fingerprint density at radius 1 is 1.50 bits per heavy atom. The van der Waals surface area contributed by atoms with Crippen LogP contribution >= 0.6 is 45.2 Å². The predicted octanol–water partition coefficient (Wildman–Crippen LogP) is 4.24. The third-order valence-electron chi connectivity index (χ3n) is 1.80. The topological polar surface area (TPSA) is 0 Å². The molecular weight excluding hydrogens is 374 g/mol. The molecule has 0 aromatic heterocycles. The van der Waals surface area contributed by atoms with Gasteiger partial charge in [0.15, 0.2) is 0 Å². The Balaban J connectivity index is 4.19. The van der Waals surface area contributed by atoms with Gasteiger partial charge in [-0.05, 0) is 5.92 Å². The molecule has 0 spiro atoms.